The van der Waals surface area contributed by atoms with Gasteiger partial charge >= 0.3 is 0 Å². The lowest BCUT2D eigenvalue weighted by molar-refractivity contribution is -0.127. The number of anilines is 3. The van der Waals surface area contributed by atoms with Crippen LogP contribution in [0.2, 0.25) is 0 Å². The number of nitrogens with zero attached hydrogens (tertiary/aromatic N) is 4. The van der Waals surface area contributed by atoms with E-state index in [0.717, 1.165) is 47.9 Å². The maximum absolute atomic E-state index is 10.8. The van der Waals surface area contributed by atoms with Crippen molar-refractivity contribution in [2.45, 2.75) is 13.3 Å². The third-order valence-electron chi connectivity index (χ3n) is 5.06. The molecule has 4 N–H and O–H groups in total. The highest BCUT2D eigenvalue weighted by Gasteiger charge is 2.49. The standard InChI is InChI=1S/C17H19BrN6O2/c1-9-11(13(19)14(20)15(21-9)23-25)4-10-2-3-12(18)16(22-10)24-5-17(6-24)7-26-8-17/h2-3H,4-8,20H2,1H3,(H2,19,21). The summed E-state index contributed by atoms with van der Waals surface area (Å²) in [6.07, 6.45) is 0.483. The third-order valence-corrected chi connectivity index (χ3v) is 5.68. The maximum atomic E-state index is 10.8. The summed E-state index contributed by atoms with van der Waals surface area (Å²) in [5, 5.41) is 2.83. The summed E-state index contributed by atoms with van der Waals surface area (Å²) in [6.45, 7) is 5.36. The summed E-state index contributed by atoms with van der Waals surface area (Å²) in [6, 6.07) is 3.93. The van der Waals surface area contributed by atoms with E-state index in [1.165, 1.54) is 0 Å². The van der Waals surface area contributed by atoms with Crippen LogP contribution in [0.4, 0.5) is 23.0 Å². The predicted octanol–water partition coefficient (Wildman–Crippen LogP) is 2.54. The fourth-order valence-corrected chi connectivity index (χ4v) is 3.99. The Balaban J connectivity index is 1.61. The van der Waals surface area contributed by atoms with Gasteiger partial charge in [-0.2, -0.15) is 0 Å². The zero-order valence-corrected chi connectivity index (χ0v) is 15.9. The zero-order valence-electron chi connectivity index (χ0n) is 14.3. The summed E-state index contributed by atoms with van der Waals surface area (Å²) in [7, 11) is 0. The molecule has 4 rings (SSSR count). The monoisotopic (exact) mass is 418 g/mol. The molecule has 2 aliphatic heterocycles. The van der Waals surface area contributed by atoms with Crippen LogP contribution in [0.1, 0.15) is 17.0 Å². The molecule has 0 unspecified atom stereocenters. The Kier molecular flexibility index (Phi) is 4.07. The SMILES string of the molecule is Cc1nc(N=O)c(N)c(N)c1Cc1ccc(Br)c(N2CC3(COC3)C2)n1. The molecular weight excluding hydrogens is 400 g/mol. The first-order valence-corrected chi connectivity index (χ1v) is 9.08. The van der Waals surface area contributed by atoms with Gasteiger partial charge in [0.1, 0.15) is 11.5 Å². The van der Waals surface area contributed by atoms with Gasteiger partial charge in [0.15, 0.2) is 0 Å². The first-order valence-electron chi connectivity index (χ1n) is 8.28. The topological polar surface area (TPSA) is 120 Å². The number of aryl methyl sites for hydroxylation is 1. The molecule has 0 aliphatic carbocycles. The molecule has 2 fully saturated rings. The average molecular weight is 419 g/mol. The fraction of sp³-hybridized carbons (Fsp3) is 0.412. The number of hydrogen-bond acceptors (Lipinski definition) is 8. The molecule has 0 radical (unpaired) electrons. The van der Waals surface area contributed by atoms with Crippen LogP contribution >= 0.6 is 15.9 Å². The van der Waals surface area contributed by atoms with Crippen molar-refractivity contribution in [2.75, 3.05) is 42.7 Å². The van der Waals surface area contributed by atoms with Gasteiger partial charge in [0.2, 0.25) is 5.82 Å². The van der Waals surface area contributed by atoms with Crippen molar-refractivity contribution in [1.29, 1.82) is 0 Å². The Morgan fingerprint density at radius 3 is 2.62 bits per heavy atom. The van der Waals surface area contributed by atoms with Gasteiger partial charge in [0.25, 0.3) is 0 Å². The number of nitrogen functional groups attached to an aromatic ring is 2. The van der Waals surface area contributed by atoms with E-state index in [1.54, 1.807) is 6.92 Å². The summed E-state index contributed by atoms with van der Waals surface area (Å²) in [5.41, 5.74) is 15.0. The number of halogens is 1. The molecule has 2 aromatic rings. The van der Waals surface area contributed by atoms with E-state index >= 15 is 0 Å². The molecule has 4 heterocycles. The molecule has 9 heteroatoms. The second-order valence-corrected chi connectivity index (χ2v) is 7.91. The minimum absolute atomic E-state index is 0.0678. The summed E-state index contributed by atoms with van der Waals surface area (Å²) >= 11 is 3.59. The summed E-state index contributed by atoms with van der Waals surface area (Å²) in [4.78, 5) is 22.0. The average Bonchev–Trinajstić information content (AvgIpc) is 2.54. The lowest BCUT2D eigenvalue weighted by Gasteiger charge is -2.55. The minimum Gasteiger partial charge on any atom is -0.397 e. The number of pyridine rings is 2. The van der Waals surface area contributed by atoms with Gasteiger partial charge in [0.05, 0.1) is 28.8 Å². The number of hydrogen-bond donors (Lipinski definition) is 2. The highest BCUT2D eigenvalue weighted by atomic mass is 79.9. The first-order chi connectivity index (χ1) is 12.4. The van der Waals surface area contributed by atoms with Gasteiger partial charge in [-0.3, -0.25) is 0 Å². The Bertz CT molecular complexity index is 891. The number of nitrogens with two attached hydrogens (primary N) is 2. The molecule has 0 atom stereocenters. The van der Waals surface area contributed by atoms with Crippen LogP contribution in [0.3, 0.4) is 0 Å². The Labute approximate surface area is 159 Å². The number of nitroso groups, excluding NO2 is 1. The van der Waals surface area contributed by atoms with E-state index < -0.39 is 0 Å². The molecule has 2 saturated heterocycles. The van der Waals surface area contributed by atoms with Crippen LogP contribution in [0.5, 0.6) is 0 Å². The van der Waals surface area contributed by atoms with Gasteiger partial charge in [-0.15, -0.1) is 4.91 Å². The van der Waals surface area contributed by atoms with Crippen molar-refractivity contribution in [1.82, 2.24) is 9.97 Å². The molecule has 1 spiro atoms. The van der Waals surface area contributed by atoms with E-state index in [-0.39, 0.29) is 11.5 Å². The van der Waals surface area contributed by atoms with Crippen LogP contribution in [-0.4, -0.2) is 36.3 Å². The molecule has 2 aromatic heterocycles. The van der Waals surface area contributed by atoms with Crippen LogP contribution in [-0.2, 0) is 11.2 Å². The Hall–Kier alpha value is -2.26. The van der Waals surface area contributed by atoms with Crippen molar-refractivity contribution in [3.63, 3.8) is 0 Å². The van der Waals surface area contributed by atoms with Crippen LogP contribution in [0, 0.1) is 17.2 Å². The van der Waals surface area contributed by atoms with Gasteiger partial charge < -0.3 is 21.1 Å². The van der Waals surface area contributed by atoms with Gasteiger partial charge in [-0.25, -0.2) is 9.97 Å². The van der Waals surface area contributed by atoms with Crippen molar-refractivity contribution < 1.29 is 4.74 Å². The van der Waals surface area contributed by atoms with Crippen molar-refractivity contribution >= 4 is 38.9 Å². The minimum atomic E-state index is -0.0678. The highest BCUT2D eigenvalue weighted by molar-refractivity contribution is 9.10. The van der Waals surface area contributed by atoms with E-state index in [2.05, 4.69) is 31.0 Å². The van der Waals surface area contributed by atoms with Gasteiger partial charge in [-0.1, -0.05) is 0 Å². The van der Waals surface area contributed by atoms with Gasteiger partial charge in [0, 0.05) is 36.5 Å². The molecule has 0 bridgehead atoms. The normalized spacial score (nSPS) is 17.7. The molecule has 136 valence electrons. The van der Waals surface area contributed by atoms with E-state index in [4.69, 9.17) is 21.2 Å². The number of ether oxygens (including phenoxy) is 1. The van der Waals surface area contributed by atoms with E-state index in [9.17, 15) is 4.91 Å². The van der Waals surface area contributed by atoms with Crippen LogP contribution < -0.4 is 16.4 Å². The van der Waals surface area contributed by atoms with Crippen LogP contribution in [0.25, 0.3) is 0 Å². The molecule has 8 nitrogen and oxygen atoms in total. The van der Waals surface area contributed by atoms with Crippen molar-refractivity contribution in [2.24, 2.45) is 10.6 Å². The molecule has 2 aliphatic rings. The highest BCUT2D eigenvalue weighted by Crippen LogP contribution is 2.42. The lowest BCUT2D eigenvalue weighted by atomic mass is 9.78. The summed E-state index contributed by atoms with van der Waals surface area (Å²) < 4.78 is 6.29. The third kappa shape index (κ3) is 2.71. The Morgan fingerprint density at radius 1 is 1.27 bits per heavy atom. The van der Waals surface area contributed by atoms with Gasteiger partial charge in [-0.05, 0) is 40.2 Å². The first kappa shape index (κ1) is 17.2. The second-order valence-electron chi connectivity index (χ2n) is 7.05. The van der Waals surface area contributed by atoms with E-state index in [0.29, 0.717) is 23.2 Å². The maximum Gasteiger partial charge on any atom is 0.222 e. The van der Waals surface area contributed by atoms with E-state index in [1.807, 2.05) is 12.1 Å². The summed E-state index contributed by atoms with van der Waals surface area (Å²) in [5.74, 6) is 0.852. The molecule has 0 amide bonds. The molecular formula is C17H19BrN6O2. The number of rotatable bonds is 4. The zero-order chi connectivity index (χ0) is 18.5. The predicted molar refractivity (Wildman–Crippen MR) is 103 cm³/mol. The largest absolute Gasteiger partial charge is 0.397 e. The lowest BCUT2D eigenvalue weighted by Crippen LogP contribution is -2.66. The quantitative estimate of drug-likeness (QED) is 0.731. The number of aromatic nitrogens is 2. The Morgan fingerprint density at radius 2 is 2.00 bits per heavy atom. The molecule has 26 heavy (non-hydrogen) atoms. The van der Waals surface area contributed by atoms with Crippen molar-refractivity contribution in [3.8, 4) is 0 Å². The van der Waals surface area contributed by atoms with Crippen LogP contribution in [0.15, 0.2) is 21.8 Å². The fourth-order valence-electron chi connectivity index (χ4n) is 3.52. The smallest absolute Gasteiger partial charge is 0.222 e. The second kappa shape index (κ2) is 6.17. The van der Waals surface area contributed by atoms with Crippen molar-refractivity contribution in [3.05, 3.63) is 38.5 Å². The molecule has 0 saturated carbocycles. The molecule has 0 aromatic carbocycles.